The van der Waals surface area contributed by atoms with Gasteiger partial charge in [0, 0.05) is 31.7 Å². The van der Waals surface area contributed by atoms with Crippen LogP contribution in [0.1, 0.15) is 25.7 Å². The zero-order chi connectivity index (χ0) is 13.2. The monoisotopic (exact) mass is 266 g/mol. The molecule has 2 aliphatic rings. The van der Waals surface area contributed by atoms with Gasteiger partial charge in [-0.1, -0.05) is 6.42 Å². The van der Waals surface area contributed by atoms with Crippen LogP contribution in [0.25, 0.3) is 0 Å². The van der Waals surface area contributed by atoms with Gasteiger partial charge in [-0.3, -0.25) is 4.90 Å². The molecule has 1 heterocycles. The summed E-state index contributed by atoms with van der Waals surface area (Å²) in [6, 6.07) is 0. The second kappa shape index (κ2) is 5.35. The molecule has 2 fully saturated rings. The number of halogens is 3. The Bertz CT molecular complexity index is 279. The van der Waals surface area contributed by atoms with Gasteiger partial charge >= 0.3 is 6.18 Å². The molecule has 18 heavy (non-hydrogen) atoms. The molecule has 2 rings (SSSR count). The van der Waals surface area contributed by atoms with E-state index in [-0.39, 0.29) is 19.4 Å². The quantitative estimate of drug-likeness (QED) is 0.792. The smallest absolute Gasteiger partial charge is 0.391 e. The molecule has 1 saturated heterocycles. The van der Waals surface area contributed by atoms with Gasteiger partial charge in [0.05, 0.1) is 12.5 Å². The normalized spacial score (nSPS) is 35.7. The summed E-state index contributed by atoms with van der Waals surface area (Å²) >= 11 is 0. The van der Waals surface area contributed by atoms with E-state index in [1.54, 1.807) is 0 Å². The van der Waals surface area contributed by atoms with Crippen LogP contribution in [0.3, 0.4) is 0 Å². The largest absolute Gasteiger partial charge is 0.394 e. The highest BCUT2D eigenvalue weighted by molar-refractivity contribution is 4.98. The summed E-state index contributed by atoms with van der Waals surface area (Å²) in [5.41, 5.74) is -0.652. The SMILES string of the molecule is OCC1(N2CCNCC2)CCCC(C(F)(F)F)C1. The van der Waals surface area contributed by atoms with E-state index in [0.29, 0.717) is 12.8 Å². The van der Waals surface area contributed by atoms with Crippen molar-refractivity contribution in [2.45, 2.75) is 37.4 Å². The highest BCUT2D eigenvalue weighted by Crippen LogP contribution is 2.44. The van der Waals surface area contributed by atoms with E-state index < -0.39 is 17.6 Å². The number of piperazine rings is 1. The summed E-state index contributed by atoms with van der Waals surface area (Å²) in [5, 5.41) is 12.8. The lowest BCUT2D eigenvalue weighted by Crippen LogP contribution is -2.60. The Kier molecular flexibility index (Phi) is 4.18. The minimum Gasteiger partial charge on any atom is -0.394 e. The topological polar surface area (TPSA) is 35.5 Å². The molecular weight excluding hydrogens is 245 g/mol. The number of aliphatic hydroxyl groups excluding tert-OH is 1. The fourth-order valence-corrected chi connectivity index (χ4v) is 3.29. The second-order valence-corrected chi connectivity index (χ2v) is 5.45. The third kappa shape index (κ3) is 2.81. The standard InChI is InChI=1S/C12H21F3N2O/c13-12(14,15)10-2-1-3-11(8-10,9-18)17-6-4-16-5-7-17/h10,16,18H,1-9H2. The Morgan fingerprint density at radius 2 is 1.94 bits per heavy atom. The van der Waals surface area contributed by atoms with E-state index in [4.69, 9.17) is 0 Å². The number of aliphatic hydroxyl groups is 1. The highest BCUT2D eigenvalue weighted by Gasteiger charge is 2.49. The molecular formula is C12H21F3N2O. The van der Waals surface area contributed by atoms with Gasteiger partial charge in [-0.05, 0) is 19.3 Å². The summed E-state index contributed by atoms with van der Waals surface area (Å²) in [4.78, 5) is 2.06. The Balaban J connectivity index is 2.10. The minimum absolute atomic E-state index is 0.0486. The van der Waals surface area contributed by atoms with E-state index in [2.05, 4.69) is 10.2 Å². The van der Waals surface area contributed by atoms with Crippen LogP contribution in [-0.2, 0) is 0 Å². The molecule has 1 aliphatic heterocycles. The Morgan fingerprint density at radius 3 is 2.50 bits per heavy atom. The van der Waals surface area contributed by atoms with Crippen molar-refractivity contribution >= 4 is 0 Å². The molecule has 0 aromatic rings. The molecule has 106 valence electrons. The van der Waals surface area contributed by atoms with Crippen molar-refractivity contribution in [3.05, 3.63) is 0 Å². The molecule has 0 amide bonds. The molecule has 2 unspecified atom stereocenters. The van der Waals surface area contributed by atoms with Gasteiger partial charge in [0.1, 0.15) is 0 Å². The van der Waals surface area contributed by atoms with Gasteiger partial charge in [0.15, 0.2) is 0 Å². The average Bonchev–Trinajstić information content (AvgIpc) is 2.39. The molecule has 2 atom stereocenters. The Labute approximate surface area is 105 Å². The summed E-state index contributed by atoms with van der Waals surface area (Å²) in [6.07, 6.45) is -2.65. The van der Waals surface area contributed by atoms with Gasteiger partial charge < -0.3 is 10.4 Å². The summed E-state index contributed by atoms with van der Waals surface area (Å²) in [5.74, 6) is -1.26. The summed E-state index contributed by atoms with van der Waals surface area (Å²) in [7, 11) is 0. The number of hydrogen-bond acceptors (Lipinski definition) is 3. The van der Waals surface area contributed by atoms with E-state index in [1.807, 2.05) is 0 Å². The van der Waals surface area contributed by atoms with Crippen LogP contribution in [0.4, 0.5) is 13.2 Å². The fraction of sp³-hybridized carbons (Fsp3) is 1.00. The first kappa shape index (κ1) is 14.1. The first-order chi connectivity index (χ1) is 8.48. The van der Waals surface area contributed by atoms with Crippen molar-refractivity contribution in [1.29, 1.82) is 0 Å². The van der Waals surface area contributed by atoms with E-state index in [9.17, 15) is 18.3 Å². The highest BCUT2D eigenvalue weighted by atomic mass is 19.4. The average molecular weight is 266 g/mol. The zero-order valence-electron chi connectivity index (χ0n) is 10.5. The van der Waals surface area contributed by atoms with Gasteiger partial charge in [-0.2, -0.15) is 13.2 Å². The first-order valence-corrected chi connectivity index (χ1v) is 6.61. The molecule has 2 N–H and O–H groups in total. The molecule has 1 saturated carbocycles. The molecule has 0 radical (unpaired) electrons. The molecule has 0 aromatic heterocycles. The van der Waals surface area contributed by atoms with E-state index >= 15 is 0 Å². The number of alkyl halides is 3. The first-order valence-electron chi connectivity index (χ1n) is 6.61. The van der Waals surface area contributed by atoms with Crippen molar-refractivity contribution in [3.8, 4) is 0 Å². The second-order valence-electron chi connectivity index (χ2n) is 5.45. The third-order valence-electron chi connectivity index (χ3n) is 4.37. The predicted molar refractivity (Wildman–Crippen MR) is 62.3 cm³/mol. The van der Waals surface area contributed by atoms with Crippen LogP contribution >= 0.6 is 0 Å². The molecule has 0 aromatic carbocycles. The van der Waals surface area contributed by atoms with Crippen LogP contribution in [0.5, 0.6) is 0 Å². The number of rotatable bonds is 2. The lowest BCUT2D eigenvalue weighted by molar-refractivity contribution is -0.197. The van der Waals surface area contributed by atoms with Crippen LogP contribution in [0.2, 0.25) is 0 Å². The summed E-state index contributed by atoms with van der Waals surface area (Å²) < 4.78 is 38.6. The predicted octanol–water partition coefficient (Wildman–Crippen LogP) is 1.38. The van der Waals surface area contributed by atoms with Crippen molar-refractivity contribution < 1.29 is 18.3 Å². The molecule has 3 nitrogen and oxygen atoms in total. The van der Waals surface area contributed by atoms with Crippen molar-refractivity contribution in [3.63, 3.8) is 0 Å². The van der Waals surface area contributed by atoms with Gasteiger partial charge in [-0.25, -0.2) is 0 Å². The Morgan fingerprint density at radius 1 is 1.28 bits per heavy atom. The fourth-order valence-electron chi connectivity index (χ4n) is 3.29. The lowest BCUT2D eigenvalue weighted by Gasteiger charge is -2.49. The third-order valence-corrected chi connectivity index (χ3v) is 4.37. The van der Waals surface area contributed by atoms with Crippen molar-refractivity contribution in [2.24, 2.45) is 5.92 Å². The zero-order valence-corrected chi connectivity index (χ0v) is 10.5. The van der Waals surface area contributed by atoms with Crippen molar-refractivity contribution in [2.75, 3.05) is 32.8 Å². The maximum Gasteiger partial charge on any atom is 0.391 e. The molecule has 0 spiro atoms. The van der Waals surface area contributed by atoms with Crippen LogP contribution in [0.15, 0.2) is 0 Å². The summed E-state index contributed by atoms with van der Waals surface area (Å²) in [6.45, 7) is 2.87. The number of hydrogen-bond donors (Lipinski definition) is 2. The Hall–Kier alpha value is -0.330. The minimum atomic E-state index is -4.13. The maximum absolute atomic E-state index is 12.9. The number of nitrogens with one attached hydrogen (secondary N) is 1. The van der Waals surface area contributed by atoms with Gasteiger partial charge in [0.2, 0.25) is 0 Å². The van der Waals surface area contributed by atoms with Gasteiger partial charge in [0.25, 0.3) is 0 Å². The number of nitrogens with zero attached hydrogens (tertiary/aromatic N) is 1. The van der Waals surface area contributed by atoms with E-state index in [1.165, 1.54) is 0 Å². The van der Waals surface area contributed by atoms with Crippen LogP contribution < -0.4 is 5.32 Å². The van der Waals surface area contributed by atoms with Crippen molar-refractivity contribution in [1.82, 2.24) is 10.2 Å². The maximum atomic E-state index is 12.9. The lowest BCUT2D eigenvalue weighted by atomic mass is 9.74. The van der Waals surface area contributed by atoms with Gasteiger partial charge in [-0.15, -0.1) is 0 Å². The van der Waals surface area contributed by atoms with Crippen LogP contribution in [-0.4, -0.2) is 54.5 Å². The molecule has 1 aliphatic carbocycles. The van der Waals surface area contributed by atoms with Crippen LogP contribution in [0, 0.1) is 5.92 Å². The van der Waals surface area contributed by atoms with E-state index in [0.717, 1.165) is 26.2 Å². The molecule has 0 bridgehead atoms. The molecule has 6 heteroatoms.